The molecule has 0 bridgehead atoms. The number of benzene rings is 1. The summed E-state index contributed by atoms with van der Waals surface area (Å²) in [7, 11) is 0. The third-order valence-electron chi connectivity index (χ3n) is 2.92. The van der Waals surface area contributed by atoms with E-state index in [-0.39, 0.29) is 5.91 Å². The molecule has 1 amide bonds. The third kappa shape index (κ3) is 5.22. The Morgan fingerprint density at radius 2 is 2.24 bits per heavy atom. The summed E-state index contributed by atoms with van der Waals surface area (Å²) >= 11 is 5.01. The number of rotatable bonds is 7. The largest absolute Gasteiger partial charge is 0.356 e. The maximum Gasteiger partial charge on any atom is 0.226 e. The fourth-order valence-electron chi connectivity index (χ4n) is 1.87. The van der Waals surface area contributed by atoms with Gasteiger partial charge in [-0.1, -0.05) is 28.1 Å². The van der Waals surface area contributed by atoms with Gasteiger partial charge in [0, 0.05) is 22.0 Å². The van der Waals surface area contributed by atoms with Crippen molar-refractivity contribution in [1.82, 2.24) is 10.3 Å². The summed E-state index contributed by atoms with van der Waals surface area (Å²) in [5, 5.41) is 5.76. The zero-order valence-electron chi connectivity index (χ0n) is 11.6. The number of hydrogen-bond donors (Lipinski definition) is 2. The first kappa shape index (κ1) is 16.1. The molecule has 0 spiro atoms. The Balaban J connectivity index is 1.90. The van der Waals surface area contributed by atoms with Crippen LogP contribution in [0.2, 0.25) is 0 Å². The molecule has 0 aliphatic heterocycles. The molecule has 0 saturated carbocycles. The summed E-state index contributed by atoms with van der Waals surface area (Å²) in [6.45, 7) is 1.34. The highest BCUT2D eigenvalue weighted by molar-refractivity contribution is 9.10. The number of carbonyl (C=O) groups excluding carboxylic acids is 1. The number of thiazole rings is 1. The second-order valence-corrected chi connectivity index (χ2v) is 6.45. The molecule has 0 saturated heterocycles. The van der Waals surface area contributed by atoms with E-state index < -0.39 is 0 Å². The average Bonchev–Trinajstić information content (AvgIpc) is 2.92. The standard InChI is InChI=1S/C15H18BrN3OS/c16-12-5-3-4-11(8-12)15-19-13(10-21-15)9-14(20)18-7-2-1-6-17/h3-5,8,10H,1-2,6-7,9,17H2,(H,18,20). The van der Waals surface area contributed by atoms with Crippen LogP contribution in [0.3, 0.4) is 0 Å². The minimum absolute atomic E-state index is 0.0121. The SMILES string of the molecule is NCCCCNC(=O)Cc1csc(-c2cccc(Br)c2)n1. The van der Waals surface area contributed by atoms with Crippen LogP contribution in [-0.4, -0.2) is 24.0 Å². The van der Waals surface area contributed by atoms with E-state index >= 15 is 0 Å². The molecule has 0 fully saturated rings. The topological polar surface area (TPSA) is 68.0 Å². The van der Waals surface area contributed by atoms with Crippen LogP contribution in [0.1, 0.15) is 18.5 Å². The van der Waals surface area contributed by atoms with E-state index in [4.69, 9.17) is 5.73 Å². The molecule has 0 radical (unpaired) electrons. The van der Waals surface area contributed by atoms with Crippen LogP contribution in [0.4, 0.5) is 0 Å². The van der Waals surface area contributed by atoms with Crippen molar-refractivity contribution in [3.8, 4) is 10.6 Å². The summed E-state index contributed by atoms with van der Waals surface area (Å²) in [5.74, 6) is 0.0121. The number of nitrogens with two attached hydrogens (primary N) is 1. The zero-order valence-corrected chi connectivity index (χ0v) is 14.0. The minimum atomic E-state index is 0.0121. The maximum absolute atomic E-state index is 11.8. The lowest BCUT2D eigenvalue weighted by molar-refractivity contribution is -0.120. The molecule has 1 aromatic heterocycles. The van der Waals surface area contributed by atoms with Gasteiger partial charge >= 0.3 is 0 Å². The Morgan fingerprint density at radius 1 is 1.38 bits per heavy atom. The number of hydrogen-bond acceptors (Lipinski definition) is 4. The van der Waals surface area contributed by atoms with Crippen molar-refractivity contribution in [3.63, 3.8) is 0 Å². The fraction of sp³-hybridized carbons (Fsp3) is 0.333. The van der Waals surface area contributed by atoms with Gasteiger partial charge in [-0.05, 0) is 31.5 Å². The molecule has 2 aromatic rings. The molecule has 6 heteroatoms. The molecule has 1 heterocycles. The van der Waals surface area contributed by atoms with Crippen molar-refractivity contribution in [3.05, 3.63) is 39.8 Å². The first-order chi connectivity index (χ1) is 10.2. The lowest BCUT2D eigenvalue weighted by atomic mass is 10.2. The molecular weight excluding hydrogens is 350 g/mol. The van der Waals surface area contributed by atoms with Gasteiger partial charge in [-0.25, -0.2) is 4.98 Å². The van der Waals surface area contributed by atoms with Gasteiger partial charge < -0.3 is 11.1 Å². The van der Waals surface area contributed by atoms with Crippen LogP contribution in [0.15, 0.2) is 34.1 Å². The summed E-state index contributed by atoms with van der Waals surface area (Å²) < 4.78 is 1.02. The molecule has 0 unspecified atom stereocenters. The van der Waals surface area contributed by atoms with Gasteiger partial charge in [0.2, 0.25) is 5.91 Å². The van der Waals surface area contributed by atoms with Crippen LogP contribution in [0, 0.1) is 0 Å². The molecular formula is C15H18BrN3OS. The number of carbonyl (C=O) groups is 1. The molecule has 0 atom stereocenters. The monoisotopic (exact) mass is 367 g/mol. The summed E-state index contributed by atoms with van der Waals surface area (Å²) in [6, 6.07) is 7.99. The van der Waals surface area contributed by atoms with E-state index in [0.29, 0.717) is 19.5 Å². The van der Waals surface area contributed by atoms with Gasteiger partial charge in [0.05, 0.1) is 12.1 Å². The number of amides is 1. The van der Waals surface area contributed by atoms with E-state index in [2.05, 4.69) is 26.2 Å². The molecule has 0 aliphatic carbocycles. The molecule has 1 aromatic carbocycles. The van der Waals surface area contributed by atoms with E-state index in [1.165, 1.54) is 0 Å². The number of halogens is 1. The Hall–Kier alpha value is -1.24. The van der Waals surface area contributed by atoms with E-state index in [0.717, 1.165) is 33.6 Å². The second kappa shape index (κ2) is 8.26. The summed E-state index contributed by atoms with van der Waals surface area (Å²) in [6.07, 6.45) is 2.18. The Morgan fingerprint density at radius 3 is 3.00 bits per heavy atom. The summed E-state index contributed by atoms with van der Waals surface area (Å²) in [5.41, 5.74) is 7.28. The van der Waals surface area contributed by atoms with Crippen molar-refractivity contribution >= 4 is 33.2 Å². The quantitative estimate of drug-likeness (QED) is 0.739. The minimum Gasteiger partial charge on any atom is -0.356 e. The van der Waals surface area contributed by atoms with Crippen LogP contribution in [0.5, 0.6) is 0 Å². The molecule has 21 heavy (non-hydrogen) atoms. The number of nitrogens with one attached hydrogen (secondary N) is 1. The first-order valence-electron chi connectivity index (χ1n) is 6.86. The van der Waals surface area contributed by atoms with Crippen molar-refractivity contribution < 1.29 is 4.79 Å². The molecule has 2 rings (SSSR count). The predicted molar refractivity (Wildman–Crippen MR) is 90.3 cm³/mol. The van der Waals surface area contributed by atoms with E-state index in [1.807, 2.05) is 29.6 Å². The van der Waals surface area contributed by atoms with Crippen molar-refractivity contribution in [2.45, 2.75) is 19.3 Å². The van der Waals surface area contributed by atoms with Crippen molar-refractivity contribution in [2.24, 2.45) is 5.73 Å². The molecule has 3 N–H and O–H groups in total. The third-order valence-corrected chi connectivity index (χ3v) is 4.35. The Kier molecular flexibility index (Phi) is 6.35. The van der Waals surface area contributed by atoms with Gasteiger partial charge in [0.25, 0.3) is 0 Å². The first-order valence-corrected chi connectivity index (χ1v) is 8.53. The highest BCUT2D eigenvalue weighted by atomic mass is 79.9. The van der Waals surface area contributed by atoms with Gasteiger partial charge in [-0.2, -0.15) is 0 Å². The van der Waals surface area contributed by atoms with E-state index in [9.17, 15) is 4.79 Å². The normalized spacial score (nSPS) is 10.6. The summed E-state index contributed by atoms with van der Waals surface area (Å²) in [4.78, 5) is 16.3. The maximum atomic E-state index is 11.8. The van der Waals surface area contributed by atoms with Crippen molar-refractivity contribution in [2.75, 3.05) is 13.1 Å². The van der Waals surface area contributed by atoms with Gasteiger partial charge in [-0.15, -0.1) is 11.3 Å². The van der Waals surface area contributed by atoms with Gasteiger partial charge in [-0.3, -0.25) is 4.79 Å². The van der Waals surface area contributed by atoms with Crippen LogP contribution in [0.25, 0.3) is 10.6 Å². The highest BCUT2D eigenvalue weighted by Crippen LogP contribution is 2.26. The van der Waals surface area contributed by atoms with Crippen molar-refractivity contribution in [1.29, 1.82) is 0 Å². The second-order valence-electron chi connectivity index (χ2n) is 4.68. The van der Waals surface area contributed by atoms with Crippen LogP contribution in [-0.2, 0) is 11.2 Å². The molecule has 112 valence electrons. The average molecular weight is 368 g/mol. The molecule has 4 nitrogen and oxygen atoms in total. The van der Waals surface area contributed by atoms with Crippen LogP contribution < -0.4 is 11.1 Å². The lowest BCUT2D eigenvalue weighted by Crippen LogP contribution is -2.26. The Labute approximate surface area is 136 Å². The van der Waals surface area contributed by atoms with E-state index in [1.54, 1.807) is 11.3 Å². The van der Waals surface area contributed by atoms with Crippen LogP contribution >= 0.6 is 27.3 Å². The van der Waals surface area contributed by atoms with Gasteiger partial charge in [0.1, 0.15) is 5.01 Å². The highest BCUT2D eigenvalue weighted by Gasteiger charge is 2.09. The number of nitrogens with zero attached hydrogens (tertiary/aromatic N) is 1. The molecule has 0 aliphatic rings. The predicted octanol–water partition coefficient (Wildman–Crippen LogP) is 2.97. The lowest BCUT2D eigenvalue weighted by Gasteiger charge is -2.02. The van der Waals surface area contributed by atoms with Gasteiger partial charge in [0.15, 0.2) is 0 Å². The Bertz CT molecular complexity index is 600. The zero-order chi connectivity index (χ0) is 15.1. The number of aromatic nitrogens is 1. The number of unbranched alkanes of at least 4 members (excludes halogenated alkanes) is 1. The smallest absolute Gasteiger partial charge is 0.226 e. The fourth-order valence-corrected chi connectivity index (χ4v) is 3.08.